The molecule has 0 saturated heterocycles. The van der Waals surface area contributed by atoms with Crippen LogP contribution >= 0.6 is 23.4 Å². The first-order valence-corrected chi connectivity index (χ1v) is 7.92. The van der Waals surface area contributed by atoms with Crippen molar-refractivity contribution in [3.05, 3.63) is 39.2 Å². The topological polar surface area (TPSA) is 70.0 Å². The van der Waals surface area contributed by atoms with Gasteiger partial charge in [0.25, 0.3) is 0 Å². The summed E-state index contributed by atoms with van der Waals surface area (Å²) in [6, 6.07) is 7.44. The first-order chi connectivity index (χ1) is 8.47. The molecule has 0 atom stereocenters. The van der Waals surface area contributed by atoms with Gasteiger partial charge in [0, 0.05) is 12.1 Å². The van der Waals surface area contributed by atoms with Gasteiger partial charge in [-0.05, 0) is 30.5 Å². The van der Waals surface area contributed by atoms with E-state index in [0.29, 0.717) is 10.1 Å². The average molecular weight is 303 g/mol. The second-order valence-corrected chi connectivity index (χ2v) is 6.32. The maximum Gasteiger partial charge on any atom is 0.219 e. The minimum Gasteiger partial charge on any atom is -0.381 e. The Labute approximate surface area is 116 Å². The Kier molecular flexibility index (Phi) is 5.08. The molecule has 0 aliphatic carbocycles. The minimum absolute atomic E-state index is 0.0465. The highest BCUT2D eigenvalue weighted by Gasteiger charge is 2.24. The summed E-state index contributed by atoms with van der Waals surface area (Å²) in [7, 11) is -2.24. The van der Waals surface area contributed by atoms with Crippen LogP contribution in [0.3, 0.4) is 0 Å². The molecule has 0 unspecified atom stereocenters. The number of benzene rings is 1. The summed E-state index contributed by atoms with van der Waals surface area (Å²) < 4.78 is 24.5. The van der Waals surface area contributed by atoms with Crippen molar-refractivity contribution in [2.24, 2.45) is 0 Å². The molecule has 0 aliphatic heterocycles. The molecule has 1 aromatic carbocycles. The summed E-state index contributed by atoms with van der Waals surface area (Å²) in [5, 5.41) is 12.5. The number of halogens is 1. The summed E-state index contributed by atoms with van der Waals surface area (Å²) in [4.78, 5) is -0.245. The largest absolute Gasteiger partial charge is 0.381 e. The quantitative estimate of drug-likeness (QED) is 0.865. The van der Waals surface area contributed by atoms with Crippen molar-refractivity contribution in [1.29, 1.82) is 5.26 Å². The second-order valence-electron chi connectivity index (χ2n) is 3.18. The van der Waals surface area contributed by atoms with Gasteiger partial charge in [0.2, 0.25) is 9.84 Å². The Morgan fingerprint density at radius 1 is 1.39 bits per heavy atom. The summed E-state index contributed by atoms with van der Waals surface area (Å²) in [5.74, 6) is 0. The molecule has 0 fully saturated rings. The molecule has 1 rings (SSSR count). The van der Waals surface area contributed by atoms with E-state index in [0.717, 1.165) is 0 Å². The van der Waals surface area contributed by atoms with E-state index in [9.17, 15) is 8.42 Å². The van der Waals surface area contributed by atoms with Crippen LogP contribution in [0.5, 0.6) is 0 Å². The normalized spacial score (nSPS) is 12.6. The third-order valence-corrected chi connectivity index (χ3v) is 5.05. The molecule has 96 valence electrons. The SMILES string of the molecule is CN/C(SC)=C(\C#N)S(=O)(=O)c1ccc(Cl)cc1. The molecule has 0 aromatic heterocycles. The monoisotopic (exact) mass is 302 g/mol. The van der Waals surface area contributed by atoms with Gasteiger partial charge in [-0.3, -0.25) is 0 Å². The van der Waals surface area contributed by atoms with E-state index >= 15 is 0 Å². The summed E-state index contributed by atoms with van der Waals surface area (Å²) in [5.41, 5.74) is 0. The van der Waals surface area contributed by atoms with Crippen molar-refractivity contribution in [2.45, 2.75) is 4.90 Å². The van der Waals surface area contributed by atoms with E-state index in [1.54, 1.807) is 19.4 Å². The minimum atomic E-state index is -3.81. The highest BCUT2D eigenvalue weighted by Crippen LogP contribution is 2.25. The standard InChI is InChI=1S/C11H11ClN2O2S2/c1-14-11(17-2)10(7-13)18(15,16)9-5-3-8(12)4-6-9/h3-6,14H,1-2H3/b11-10-. The molecule has 7 heteroatoms. The second kappa shape index (κ2) is 6.14. The Bertz CT molecular complexity index is 595. The third kappa shape index (κ3) is 2.99. The lowest BCUT2D eigenvalue weighted by Crippen LogP contribution is -2.12. The number of nitrogens with one attached hydrogen (secondary N) is 1. The van der Waals surface area contributed by atoms with E-state index in [1.165, 1.54) is 36.0 Å². The van der Waals surface area contributed by atoms with Crippen molar-refractivity contribution in [2.75, 3.05) is 13.3 Å². The van der Waals surface area contributed by atoms with Crippen molar-refractivity contribution in [1.82, 2.24) is 5.32 Å². The van der Waals surface area contributed by atoms with Crippen molar-refractivity contribution in [3.63, 3.8) is 0 Å². The average Bonchev–Trinajstić information content (AvgIpc) is 2.35. The van der Waals surface area contributed by atoms with Gasteiger partial charge in [-0.1, -0.05) is 11.6 Å². The van der Waals surface area contributed by atoms with Crippen LogP contribution in [0, 0.1) is 11.3 Å². The van der Waals surface area contributed by atoms with E-state index in [-0.39, 0.29) is 9.80 Å². The predicted molar refractivity (Wildman–Crippen MR) is 73.9 cm³/mol. The maximum atomic E-state index is 12.3. The number of allylic oxidation sites excluding steroid dienone is 1. The Balaban J connectivity index is 3.42. The lowest BCUT2D eigenvalue weighted by Gasteiger charge is -2.08. The molecular formula is C11H11ClN2O2S2. The number of thioether (sulfide) groups is 1. The van der Waals surface area contributed by atoms with Crippen molar-refractivity contribution >= 4 is 33.2 Å². The number of sulfone groups is 1. The van der Waals surface area contributed by atoms with Crippen LogP contribution in [0.1, 0.15) is 0 Å². The van der Waals surface area contributed by atoms with E-state index in [2.05, 4.69) is 5.32 Å². The van der Waals surface area contributed by atoms with Crippen LogP contribution in [-0.4, -0.2) is 21.7 Å². The molecule has 18 heavy (non-hydrogen) atoms. The van der Waals surface area contributed by atoms with Crippen LogP contribution < -0.4 is 5.32 Å². The Morgan fingerprint density at radius 3 is 2.33 bits per heavy atom. The van der Waals surface area contributed by atoms with Gasteiger partial charge in [-0.2, -0.15) is 5.26 Å². The number of nitrogens with zero attached hydrogens (tertiary/aromatic N) is 1. The van der Waals surface area contributed by atoms with Crippen LogP contribution in [0.4, 0.5) is 0 Å². The smallest absolute Gasteiger partial charge is 0.219 e. The first kappa shape index (κ1) is 14.9. The van der Waals surface area contributed by atoms with Crippen LogP contribution in [0.25, 0.3) is 0 Å². The molecule has 4 nitrogen and oxygen atoms in total. The third-order valence-electron chi connectivity index (χ3n) is 2.13. The number of hydrogen-bond donors (Lipinski definition) is 1. The Morgan fingerprint density at radius 2 is 1.94 bits per heavy atom. The summed E-state index contributed by atoms with van der Waals surface area (Å²) in [6.07, 6.45) is 1.69. The van der Waals surface area contributed by atoms with E-state index in [1.807, 2.05) is 0 Å². The molecule has 1 aromatic rings. The van der Waals surface area contributed by atoms with Crippen molar-refractivity contribution < 1.29 is 8.42 Å². The van der Waals surface area contributed by atoms with E-state index < -0.39 is 9.84 Å². The van der Waals surface area contributed by atoms with Gasteiger partial charge in [0.1, 0.15) is 6.07 Å². The zero-order chi connectivity index (χ0) is 13.8. The zero-order valence-corrected chi connectivity index (χ0v) is 12.2. The predicted octanol–water partition coefficient (Wildman–Crippen LogP) is 2.39. The summed E-state index contributed by atoms with van der Waals surface area (Å²) in [6.45, 7) is 0. The first-order valence-electron chi connectivity index (χ1n) is 4.84. The van der Waals surface area contributed by atoms with Gasteiger partial charge < -0.3 is 5.32 Å². The number of rotatable bonds is 4. The molecule has 0 amide bonds. The molecule has 0 saturated carbocycles. The lowest BCUT2D eigenvalue weighted by molar-refractivity contribution is 0.603. The summed E-state index contributed by atoms with van der Waals surface area (Å²) >= 11 is 6.87. The number of nitriles is 1. The fourth-order valence-electron chi connectivity index (χ4n) is 1.27. The molecule has 0 aliphatic rings. The zero-order valence-electron chi connectivity index (χ0n) is 9.77. The highest BCUT2D eigenvalue weighted by atomic mass is 35.5. The van der Waals surface area contributed by atoms with Gasteiger partial charge >= 0.3 is 0 Å². The van der Waals surface area contributed by atoms with Gasteiger partial charge in [-0.25, -0.2) is 8.42 Å². The fraction of sp³-hybridized carbons (Fsp3) is 0.182. The highest BCUT2D eigenvalue weighted by molar-refractivity contribution is 8.04. The van der Waals surface area contributed by atoms with Crippen LogP contribution in [0.2, 0.25) is 5.02 Å². The van der Waals surface area contributed by atoms with Crippen LogP contribution in [0.15, 0.2) is 39.1 Å². The number of hydrogen-bond acceptors (Lipinski definition) is 5. The van der Waals surface area contributed by atoms with E-state index in [4.69, 9.17) is 16.9 Å². The van der Waals surface area contributed by atoms with Gasteiger partial charge in [0.15, 0.2) is 4.91 Å². The van der Waals surface area contributed by atoms with Crippen molar-refractivity contribution in [3.8, 4) is 6.07 Å². The lowest BCUT2D eigenvalue weighted by atomic mass is 10.4. The molecule has 0 radical (unpaired) electrons. The molecule has 0 bridgehead atoms. The van der Waals surface area contributed by atoms with Gasteiger partial charge in [-0.15, -0.1) is 11.8 Å². The Hall–Kier alpha value is -1.16. The van der Waals surface area contributed by atoms with Gasteiger partial charge in [0.05, 0.1) is 9.92 Å². The fourth-order valence-corrected chi connectivity index (χ4v) is 3.61. The molecule has 0 heterocycles. The maximum absolute atomic E-state index is 12.3. The van der Waals surface area contributed by atoms with Crippen LogP contribution in [-0.2, 0) is 9.84 Å². The molecular weight excluding hydrogens is 292 g/mol. The molecule has 1 N–H and O–H groups in total. The molecule has 0 spiro atoms.